The van der Waals surface area contributed by atoms with E-state index in [4.69, 9.17) is 0 Å². The third-order valence-corrected chi connectivity index (χ3v) is 4.83. The number of nitrogens with zero attached hydrogens (tertiary/aromatic N) is 2. The van der Waals surface area contributed by atoms with E-state index in [1.165, 1.54) is 35.2 Å². The molecule has 0 fully saturated rings. The molecule has 0 bridgehead atoms. The summed E-state index contributed by atoms with van der Waals surface area (Å²) in [5.74, 6) is -0.374. The molecule has 0 radical (unpaired) electrons. The molecule has 5 nitrogen and oxygen atoms in total. The van der Waals surface area contributed by atoms with Gasteiger partial charge in [0.15, 0.2) is 4.34 Å². The van der Waals surface area contributed by atoms with Crippen molar-refractivity contribution in [2.45, 2.75) is 30.0 Å². The Morgan fingerprint density at radius 1 is 1.36 bits per heavy atom. The van der Waals surface area contributed by atoms with Crippen LogP contribution in [0.2, 0.25) is 0 Å². The molecule has 1 aromatic heterocycles. The van der Waals surface area contributed by atoms with Gasteiger partial charge < -0.3 is 10.6 Å². The first-order valence-corrected chi connectivity index (χ1v) is 8.54. The van der Waals surface area contributed by atoms with Crippen LogP contribution >= 0.6 is 23.1 Å². The van der Waals surface area contributed by atoms with Gasteiger partial charge in [-0.05, 0) is 31.5 Å². The maximum Gasteiger partial charge on any atom is 0.233 e. The van der Waals surface area contributed by atoms with E-state index < -0.39 is 0 Å². The Balaban J connectivity index is 1.82. The zero-order valence-corrected chi connectivity index (χ0v) is 13.9. The van der Waals surface area contributed by atoms with Gasteiger partial charge in [0, 0.05) is 13.1 Å². The molecule has 1 atom stereocenters. The van der Waals surface area contributed by atoms with Gasteiger partial charge in [0.05, 0.1) is 5.25 Å². The minimum atomic E-state index is -0.285. The maximum absolute atomic E-state index is 12.8. The molecule has 0 spiro atoms. The summed E-state index contributed by atoms with van der Waals surface area (Å²) in [6.45, 7) is 4.97. The highest BCUT2D eigenvalue weighted by atomic mass is 32.2. The minimum Gasteiger partial charge on any atom is -0.360 e. The molecular formula is C14H17FN4OS2. The van der Waals surface area contributed by atoms with Crippen LogP contribution in [0.1, 0.15) is 19.4 Å². The van der Waals surface area contributed by atoms with Crippen LogP contribution in [0.25, 0.3) is 0 Å². The van der Waals surface area contributed by atoms with Crippen molar-refractivity contribution in [3.8, 4) is 0 Å². The molecule has 22 heavy (non-hydrogen) atoms. The van der Waals surface area contributed by atoms with Crippen LogP contribution in [0.3, 0.4) is 0 Å². The lowest BCUT2D eigenvalue weighted by atomic mass is 10.2. The van der Waals surface area contributed by atoms with E-state index in [0.717, 1.165) is 21.6 Å². The first-order valence-electron chi connectivity index (χ1n) is 6.84. The molecule has 2 aromatic rings. The fourth-order valence-electron chi connectivity index (χ4n) is 1.62. The van der Waals surface area contributed by atoms with Crippen molar-refractivity contribution >= 4 is 34.1 Å². The summed E-state index contributed by atoms with van der Waals surface area (Å²) in [7, 11) is 0. The molecular weight excluding hydrogens is 323 g/mol. The second-order valence-electron chi connectivity index (χ2n) is 4.51. The number of hydrogen-bond donors (Lipinski definition) is 2. The minimum absolute atomic E-state index is 0.0884. The van der Waals surface area contributed by atoms with Crippen molar-refractivity contribution in [3.05, 3.63) is 35.6 Å². The summed E-state index contributed by atoms with van der Waals surface area (Å²) in [5.41, 5.74) is 0.859. The second kappa shape index (κ2) is 8.09. The van der Waals surface area contributed by atoms with E-state index in [1.54, 1.807) is 12.1 Å². The van der Waals surface area contributed by atoms with E-state index >= 15 is 0 Å². The van der Waals surface area contributed by atoms with Crippen LogP contribution in [0.15, 0.2) is 28.6 Å². The summed E-state index contributed by atoms with van der Waals surface area (Å²) >= 11 is 2.80. The van der Waals surface area contributed by atoms with Gasteiger partial charge in [0.25, 0.3) is 0 Å². The molecule has 0 aliphatic heterocycles. The number of amides is 1. The van der Waals surface area contributed by atoms with Crippen molar-refractivity contribution in [2.24, 2.45) is 0 Å². The second-order valence-corrected chi connectivity index (χ2v) is 7.07. The fourth-order valence-corrected chi connectivity index (χ4v) is 3.61. The maximum atomic E-state index is 12.8. The van der Waals surface area contributed by atoms with Crippen molar-refractivity contribution in [1.29, 1.82) is 0 Å². The summed E-state index contributed by atoms with van der Waals surface area (Å²) in [5, 5.41) is 14.4. The molecule has 0 aliphatic rings. The Hall–Kier alpha value is -1.67. The van der Waals surface area contributed by atoms with Gasteiger partial charge in [0.2, 0.25) is 11.0 Å². The lowest BCUT2D eigenvalue weighted by Gasteiger charge is -2.10. The zero-order chi connectivity index (χ0) is 15.9. The largest absolute Gasteiger partial charge is 0.360 e. The number of benzene rings is 1. The molecule has 2 rings (SSSR count). The number of halogens is 1. The van der Waals surface area contributed by atoms with Gasteiger partial charge in [-0.25, -0.2) is 4.39 Å². The lowest BCUT2D eigenvalue weighted by molar-refractivity contribution is -0.120. The summed E-state index contributed by atoms with van der Waals surface area (Å²) < 4.78 is 13.6. The smallest absolute Gasteiger partial charge is 0.233 e. The number of carbonyl (C=O) groups is 1. The van der Waals surface area contributed by atoms with Gasteiger partial charge >= 0.3 is 0 Å². The lowest BCUT2D eigenvalue weighted by Crippen LogP contribution is -2.30. The van der Waals surface area contributed by atoms with E-state index in [0.29, 0.717) is 6.54 Å². The average Bonchev–Trinajstić information content (AvgIpc) is 2.94. The van der Waals surface area contributed by atoms with Crippen molar-refractivity contribution < 1.29 is 9.18 Å². The molecule has 2 N–H and O–H groups in total. The van der Waals surface area contributed by atoms with Gasteiger partial charge in [-0.1, -0.05) is 35.2 Å². The van der Waals surface area contributed by atoms with E-state index in [2.05, 4.69) is 20.8 Å². The van der Waals surface area contributed by atoms with Gasteiger partial charge in [-0.2, -0.15) is 0 Å². The number of aromatic nitrogens is 2. The predicted molar refractivity (Wildman–Crippen MR) is 87.6 cm³/mol. The van der Waals surface area contributed by atoms with Gasteiger partial charge in [-0.15, -0.1) is 10.2 Å². The topological polar surface area (TPSA) is 66.9 Å². The molecule has 1 aromatic carbocycles. The van der Waals surface area contributed by atoms with E-state index in [9.17, 15) is 9.18 Å². The Labute approximate surface area is 136 Å². The number of hydrogen-bond acceptors (Lipinski definition) is 6. The number of anilines is 1. The first-order chi connectivity index (χ1) is 10.6. The van der Waals surface area contributed by atoms with Crippen molar-refractivity contribution in [2.75, 3.05) is 11.9 Å². The Morgan fingerprint density at radius 3 is 2.77 bits per heavy atom. The SMILES string of the molecule is CCNc1nnc(S[C@@H](C)C(=O)NCc2ccc(F)cc2)s1. The molecule has 0 unspecified atom stereocenters. The normalized spacial score (nSPS) is 12.0. The third-order valence-electron chi connectivity index (χ3n) is 2.76. The van der Waals surface area contributed by atoms with Gasteiger partial charge in [0.1, 0.15) is 5.82 Å². The van der Waals surface area contributed by atoms with Crippen LogP contribution in [0, 0.1) is 5.82 Å². The number of nitrogens with one attached hydrogen (secondary N) is 2. The van der Waals surface area contributed by atoms with E-state index in [1.807, 2.05) is 13.8 Å². The molecule has 1 heterocycles. The number of carbonyl (C=O) groups excluding carboxylic acids is 1. The Kier molecular flexibility index (Phi) is 6.14. The predicted octanol–water partition coefficient (Wildman–Crippen LogP) is 2.91. The summed E-state index contributed by atoms with van der Waals surface area (Å²) in [4.78, 5) is 12.1. The van der Waals surface area contributed by atoms with Crippen LogP contribution < -0.4 is 10.6 Å². The molecule has 0 saturated carbocycles. The quantitative estimate of drug-likeness (QED) is 0.759. The highest BCUT2D eigenvalue weighted by Gasteiger charge is 2.16. The van der Waals surface area contributed by atoms with Crippen molar-refractivity contribution in [1.82, 2.24) is 15.5 Å². The summed E-state index contributed by atoms with van der Waals surface area (Å²) in [6.07, 6.45) is 0. The molecule has 8 heteroatoms. The molecule has 0 aliphatic carbocycles. The highest BCUT2D eigenvalue weighted by Crippen LogP contribution is 2.28. The highest BCUT2D eigenvalue weighted by molar-refractivity contribution is 8.02. The van der Waals surface area contributed by atoms with Crippen LogP contribution in [0.4, 0.5) is 9.52 Å². The monoisotopic (exact) mass is 340 g/mol. The Morgan fingerprint density at radius 2 is 2.09 bits per heavy atom. The van der Waals surface area contributed by atoms with Crippen LogP contribution in [0.5, 0.6) is 0 Å². The van der Waals surface area contributed by atoms with E-state index in [-0.39, 0.29) is 17.0 Å². The number of rotatable bonds is 7. The first kappa shape index (κ1) is 16.7. The van der Waals surface area contributed by atoms with Gasteiger partial charge in [-0.3, -0.25) is 4.79 Å². The third kappa shape index (κ3) is 4.96. The Bertz CT molecular complexity index is 618. The van der Waals surface area contributed by atoms with Crippen LogP contribution in [-0.4, -0.2) is 27.9 Å². The molecule has 0 saturated heterocycles. The van der Waals surface area contributed by atoms with Crippen LogP contribution in [-0.2, 0) is 11.3 Å². The fraction of sp³-hybridized carbons (Fsp3) is 0.357. The molecule has 118 valence electrons. The standard InChI is InChI=1S/C14H17FN4OS2/c1-3-16-13-18-19-14(22-13)21-9(2)12(20)17-8-10-4-6-11(15)7-5-10/h4-7,9H,3,8H2,1-2H3,(H,16,18)(H,17,20)/t9-/m0/s1. The van der Waals surface area contributed by atoms with Crippen molar-refractivity contribution in [3.63, 3.8) is 0 Å². The summed E-state index contributed by atoms with van der Waals surface area (Å²) in [6, 6.07) is 6.06. The molecule has 1 amide bonds. The number of thioether (sulfide) groups is 1. The zero-order valence-electron chi connectivity index (χ0n) is 12.3. The average molecular weight is 340 g/mol.